The van der Waals surface area contributed by atoms with E-state index in [0.717, 1.165) is 13.5 Å². The number of rotatable bonds is 0. The van der Waals surface area contributed by atoms with Crippen molar-refractivity contribution in [3.05, 3.63) is 0 Å². The van der Waals surface area contributed by atoms with Crippen LogP contribution in [0, 0.1) is 0 Å². The van der Waals surface area contributed by atoms with Crippen LogP contribution in [-0.2, 0) is 26.1 Å². The molecule has 0 saturated heterocycles. The number of hydrogen-bond donors (Lipinski definition) is 0. The molecule has 0 aliphatic carbocycles. The smallest absolute Gasteiger partial charge is 0.545 e. The van der Waals surface area contributed by atoms with Crippen molar-refractivity contribution >= 4 is 13.5 Å². The summed E-state index contributed by atoms with van der Waals surface area (Å²) in [7, 11) is 0. The molecule has 0 saturated carbocycles. The van der Waals surface area contributed by atoms with Crippen molar-refractivity contribution in [2.45, 2.75) is 27.7 Å². The molecule has 0 unspecified atom stereocenters. The zero-order valence-electron chi connectivity index (χ0n) is 8.13. The van der Waals surface area contributed by atoms with Gasteiger partial charge in [-0.15, -0.1) is 0 Å². The fraction of sp³-hybridized carbons (Fsp3) is 0.667. The van der Waals surface area contributed by atoms with Gasteiger partial charge in [-0.2, -0.15) is 2.74 Å². The molecule has 2 nitrogen and oxygen atoms in total. The van der Waals surface area contributed by atoms with Crippen LogP contribution < -0.4 is 0 Å². The zero-order valence-corrected chi connectivity index (χ0v) is 7.12. The van der Waals surface area contributed by atoms with Crippen LogP contribution in [0.5, 0.6) is 0 Å². The van der Waals surface area contributed by atoms with Gasteiger partial charge in [0.05, 0.1) is 0 Å². The van der Waals surface area contributed by atoms with Crippen molar-refractivity contribution in [3.63, 3.8) is 0 Å². The number of hydrogen-bond acceptors (Lipinski definition) is 2. The molecule has 0 bridgehead atoms. The summed E-state index contributed by atoms with van der Waals surface area (Å²) >= 11 is 0. The van der Waals surface area contributed by atoms with Crippen LogP contribution in [0.3, 0.4) is 0 Å². The van der Waals surface area contributed by atoms with Crippen LogP contribution in [0.15, 0.2) is 0 Å². The van der Waals surface area contributed by atoms with Gasteiger partial charge < -0.3 is 9.59 Å². The Morgan fingerprint density at radius 2 is 1.00 bits per heavy atom. The molecular formula is C6H14NiO2. The molecule has 0 aromatic heterocycles. The van der Waals surface area contributed by atoms with Gasteiger partial charge in [0.1, 0.15) is 0 Å². The molecule has 60 valence electrons. The molecule has 0 heterocycles. The van der Waals surface area contributed by atoms with E-state index in [1.54, 1.807) is 0 Å². The summed E-state index contributed by atoms with van der Waals surface area (Å²) in [5.41, 5.74) is 0. The van der Waals surface area contributed by atoms with Crippen molar-refractivity contribution in [2.75, 3.05) is 0 Å². The topological polar surface area (TPSA) is 34.1 Å². The van der Waals surface area contributed by atoms with Crippen LogP contribution in [0.1, 0.15) is 30.4 Å². The maximum absolute atomic E-state index is 8.35. The Morgan fingerprint density at radius 3 is 1.00 bits per heavy atom. The third kappa shape index (κ3) is 9620. The first-order valence-electron chi connectivity index (χ1n) is 3.41. The fourth-order valence-electron chi connectivity index (χ4n) is 0. The first-order valence-corrected chi connectivity index (χ1v) is 2.41. The summed E-state index contributed by atoms with van der Waals surface area (Å²) < 4.78 is 10.8. The molecule has 0 fully saturated rings. The van der Waals surface area contributed by atoms with E-state index in [9.17, 15) is 0 Å². The molecule has 0 aliphatic rings. The summed E-state index contributed by atoms with van der Waals surface area (Å²) in [5.74, 6) is 0. The van der Waals surface area contributed by atoms with Gasteiger partial charge in [-0.05, 0) is 0 Å². The minimum atomic E-state index is 0. The largest absolute Gasteiger partial charge is 2.00 e. The van der Waals surface area contributed by atoms with E-state index >= 15 is 0 Å². The SMILES string of the molecule is CC.CC.[2H][C-]=O.[2H][C-]=O.[Ni+2]. The summed E-state index contributed by atoms with van der Waals surface area (Å²) in [6.45, 7) is 9.50. The van der Waals surface area contributed by atoms with Crippen LogP contribution in [0.25, 0.3) is 0 Å². The maximum Gasteiger partial charge on any atom is 2.00 e. The Bertz CT molecular complexity index is 39.6. The Morgan fingerprint density at radius 1 is 1.00 bits per heavy atom. The van der Waals surface area contributed by atoms with Crippen LogP contribution >= 0.6 is 0 Å². The monoisotopic (exact) mass is 178 g/mol. The summed E-state index contributed by atoms with van der Waals surface area (Å²) in [4.78, 5) is 16.7. The molecule has 0 aliphatic heterocycles. The Balaban J connectivity index is -0.0000000144. The number of carbonyl (C=O) groups excluding carboxylic acids is 2. The summed E-state index contributed by atoms with van der Waals surface area (Å²) in [6, 6.07) is 0. The van der Waals surface area contributed by atoms with Crippen LogP contribution in [0.2, 0.25) is 0 Å². The molecule has 0 aromatic carbocycles. The molecule has 0 aromatic rings. The van der Waals surface area contributed by atoms with Crippen LogP contribution in [-0.4, -0.2) is 13.5 Å². The first kappa shape index (κ1) is 15.9. The Hall–Kier alpha value is -0.166. The molecular weight excluding hydrogens is 163 g/mol. The fourth-order valence-corrected chi connectivity index (χ4v) is 0. The van der Waals surface area contributed by atoms with Gasteiger partial charge in [0.2, 0.25) is 0 Å². The Labute approximate surface area is 70.8 Å². The predicted molar refractivity (Wildman–Crippen MR) is 36.2 cm³/mol. The summed E-state index contributed by atoms with van der Waals surface area (Å²) in [6.07, 6.45) is 0. The van der Waals surface area contributed by atoms with Crippen LogP contribution in [0.4, 0.5) is 0 Å². The molecule has 3 heteroatoms. The zero-order chi connectivity index (χ0) is 9.41. The first-order chi connectivity index (χ1) is 4.83. The van der Waals surface area contributed by atoms with Crippen molar-refractivity contribution in [1.29, 1.82) is 0 Å². The van der Waals surface area contributed by atoms with Crippen molar-refractivity contribution in [3.8, 4) is 0 Å². The average molecular weight is 179 g/mol. The van der Waals surface area contributed by atoms with E-state index in [0.29, 0.717) is 0 Å². The van der Waals surface area contributed by atoms with Gasteiger partial charge in [0.25, 0.3) is 0 Å². The molecule has 9 heavy (non-hydrogen) atoms. The molecule has 0 rings (SSSR count). The molecule has 0 atom stereocenters. The maximum atomic E-state index is 8.35. The van der Waals surface area contributed by atoms with Gasteiger partial charge in [-0.25, -0.2) is 0 Å². The van der Waals surface area contributed by atoms with Crippen molar-refractivity contribution in [1.82, 2.24) is 0 Å². The second kappa shape index (κ2) is 13200. The second-order valence-electron chi connectivity index (χ2n) is 0. The van der Waals surface area contributed by atoms with E-state index in [2.05, 4.69) is 0 Å². The Kier molecular flexibility index (Phi) is 23400. The third-order valence-electron chi connectivity index (χ3n) is 0. The minimum Gasteiger partial charge on any atom is -0.545 e. The van der Waals surface area contributed by atoms with Gasteiger partial charge in [-0.3, -0.25) is 13.5 Å². The van der Waals surface area contributed by atoms with Crippen molar-refractivity contribution < 1.29 is 28.8 Å². The summed E-state index contributed by atoms with van der Waals surface area (Å²) in [5, 5.41) is 0. The van der Waals surface area contributed by atoms with E-state index in [1.165, 1.54) is 0 Å². The van der Waals surface area contributed by atoms with Gasteiger partial charge >= 0.3 is 16.5 Å². The third-order valence-corrected chi connectivity index (χ3v) is 0. The second-order valence-corrected chi connectivity index (χ2v) is 0. The molecule has 0 N–H and O–H groups in total. The molecule has 0 radical (unpaired) electrons. The van der Waals surface area contributed by atoms with E-state index in [-0.39, 0.29) is 16.5 Å². The average Bonchev–Trinajstić information content (AvgIpc) is 1.99. The molecule has 0 spiro atoms. The van der Waals surface area contributed by atoms with E-state index < -0.39 is 0 Å². The van der Waals surface area contributed by atoms with E-state index in [4.69, 9.17) is 12.3 Å². The van der Waals surface area contributed by atoms with Gasteiger partial charge in [-0.1, -0.05) is 27.7 Å². The quantitative estimate of drug-likeness (QED) is 0.320. The van der Waals surface area contributed by atoms with Gasteiger partial charge in [0.15, 0.2) is 0 Å². The van der Waals surface area contributed by atoms with E-state index in [1.807, 2.05) is 27.7 Å². The standard InChI is InChI=1S/2C2H6.2CHO.Ni/c4*1-2;/h2*1-2H3;2*1H;/q;;2*-1;+2/i;;2*1D;. The molecule has 0 amide bonds. The van der Waals surface area contributed by atoms with Crippen molar-refractivity contribution in [2.24, 2.45) is 0 Å². The van der Waals surface area contributed by atoms with Gasteiger partial charge in [0, 0.05) is 0 Å². The minimum absolute atomic E-state index is 0. The normalized spacial score (nSPS) is 4.44. The predicted octanol–water partition coefficient (Wildman–Crippen LogP) is 1.50.